The zero-order valence-electron chi connectivity index (χ0n) is 11.1. The number of aliphatic carboxylic acids is 1. The normalized spacial score (nSPS) is 17.9. The van der Waals surface area contributed by atoms with Gasteiger partial charge in [-0.25, -0.2) is 4.79 Å². The van der Waals surface area contributed by atoms with Gasteiger partial charge in [0.05, 0.1) is 15.8 Å². The van der Waals surface area contributed by atoms with Gasteiger partial charge in [0.1, 0.15) is 0 Å². The highest BCUT2D eigenvalue weighted by molar-refractivity contribution is 7.16. The van der Waals surface area contributed by atoms with Crippen molar-refractivity contribution in [1.29, 1.82) is 0 Å². The first-order valence-electron chi connectivity index (χ1n) is 6.46. The van der Waals surface area contributed by atoms with Crippen molar-refractivity contribution in [2.24, 2.45) is 5.41 Å². The highest BCUT2D eigenvalue weighted by atomic mass is 35.5. The molecule has 1 aliphatic carbocycles. The Kier molecular flexibility index (Phi) is 4.55. The number of thiophene rings is 1. The van der Waals surface area contributed by atoms with E-state index in [0.717, 1.165) is 11.3 Å². The number of carbonyl (C=O) groups excluding carboxylic acids is 1. The van der Waals surface area contributed by atoms with Crippen LogP contribution < -0.4 is 10.6 Å². The zero-order chi connectivity index (χ0) is 14.8. The molecule has 1 unspecified atom stereocenters. The molecule has 0 saturated heterocycles. The van der Waals surface area contributed by atoms with Crippen LogP contribution in [0.15, 0.2) is 12.1 Å². The molecule has 0 spiro atoms. The molecule has 0 bridgehead atoms. The summed E-state index contributed by atoms with van der Waals surface area (Å²) in [5.41, 5.74) is -0.771. The molecule has 0 aliphatic heterocycles. The van der Waals surface area contributed by atoms with E-state index in [4.69, 9.17) is 11.6 Å². The summed E-state index contributed by atoms with van der Waals surface area (Å²) >= 11 is 7.26. The van der Waals surface area contributed by atoms with Crippen molar-refractivity contribution < 1.29 is 14.7 Å². The molecule has 0 radical (unpaired) electrons. The van der Waals surface area contributed by atoms with Gasteiger partial charge in [0.25, 0.3) is 0 Å². The minimum atomic E-state index is -0.831. The van der Waals surface area contributed by atoms with E-state index in [2.05, 4.69) is 10.6 Å². The van der Waals surface area contributed by atoms with Crippen LogP contribution in [0, 0.1) is 5.41 Å². The molecule has 1 aromatic rings. The van der Waals surface area contributed by atoms with E-state index in [-0.39, 0.29) is 18.6 Å². The van der Waals surface area contributed by atoms with Crippen molar-refractivity contribution in [1.82, 2.24) is 10.6 Å². The molecule has 20 heavy (non-hydrogen) atoms. The summed E-state index contributed by atoms with van der Waals surface area (Å²) in [6.07, 6.45) is 2.15. The molecule has 0 aromatic carbocycles. The van der Waals surface area contributed by atoms with Crippen molar-refractivity contribution in [2.75, 3.05) is 6.54 Å². The SMILES string of the molecule is CC(NC(=O)NCC1(C(=O)O)CCC1)c1ccc(Cl)s1. The second-order valence-electron chi connectivity index (χ2n) is 5.13. The lowest BCUT2D eigenvalue weighted by atomic mass is 9.69. The summed E-state index contributed by atoms with van der Waals surface area (Å²) in [5, 5.41) is 14.6. The third-order valence-electron chi connectivity index (χ3n) is 3.72. The highest BCUT2D eigenvalue weighted by Crippen LogP contribution is 2.40. The smallest absolute Gasteiger partial charge is 0.315 e. The van der Waals surface area contributed by atoms with Gasteiger partial charge in [0.2, 0.25) is 0 Å². The van der Waals surface area contributed by atoms with E-state index in [0.29, 0.717) is 17.2 Å². The molecule has 110 valence electrons. The molecule has 1 heterocycles. The van der Waals surface area contributed by atoms with Crippen molar-refractivity contribution in [2.45, 2.75) is 32.2 Å². The molecular formula is C13H17ClN2O3S. The number of urea groups is 1. The number of carboxylic acid groups (broad SMARTS) is 1. The van der Waals surface area contributed by atoms with Crippen molar-refractivity contribution in [3.05, 3.63) is 21.3 Å². The molecular weight excluding hydrogens is 300 g/mol. The number of nitrogens with one attached hydrogen (secondary N) is 2. The zero-order valence-corrected chi connectivity index (χ0v) is 12.7. The fourth-order valence-corrected chi connectivity index (χ4v) is 3.26. The van der Waals surface area contributed by atoms with Crippen molar-refractivity contribution in [3.8, 4) is 0 Å². The van der Waals surface area contributed by atoms with Gasteiger partial charge in [0, 0.05) is 11.4 Å². The second kappa shape index (κ2) is 6.01. The van der Waals surface area contributed by atoms with E-state index < -0.39 is 11.4 Å². The van der Waals surface area contributed by atoms with Crippen LogP contribution in [0.4, 0.5) is 4.79 Å². The second-order valence-corrected chi connectivity index (χ2v) is 6.88. The van der Waals surface area contributed by atoms with Gasteiger partial charge in [-0.2, -0.15) is 0 Å². The summed E-state index contributed by atoms with van der Waals surface area (Å²) in [4.78, 5) is 23.9. The fraction of sp³-hybridized carbons (Fsp3) is 0.538. The van der Waals surface area contributed by atoms with Crippen LogP contribution in [0.2, 0.25) is 4.34 Å². The molecule has 5 nitrogen and oxygen atoms in total. The number of amides is 2. The monoisotopic (exact) mass is 316 g/mol. The summed E-state index contributed by atoms with van der Waals surface area (Å²) in [6, 6.07) is 3.14. The first-order chi connectivity index (χ1) is 9.43. The third kappa shape index (κ3) is 3.24. The lowest BCUT2D eigenvalue weighted by Gasteiger charge is -2.37. The van der Waals surface area contributed by atoms with Gasteiger partial charge < -0.3 is 15.7 Å². The van der Waals surface area contributed by atoms with Crippen molar-refractivity contribution in [3.63, 3.8) is 0 Å². The lowest BCUT2D eigenvalue weighted by Crippen LogP contribution is -2.49. The van der Waals surface area contributed by atoms with Gasteiger partial charge in [-0.3, -0.25) is 4.79 Å². The molecule has 1 aliphatic rings. The third-order valence-corrected chi connectivity index (χ3v) is 5.13. The molecule has 1 saturated carbocycles. The van der Waals surface area contributed by atoms with E-state index >= 15 is 0 Å². The van der Waals surface area contributed by atoms with E-state index in [1.54, 1.807) is 6.07 Å². The van der Waals surface area contributed by atoms with Crippen LogP contribution in [0.3, 0.4) is 0 Å². The van der Waals surface area contributed by atoms with Gasteiger partial charge in [-0.15, -0.1) is 11.3 Å². The summed E-state index contributed by atoms with van der Waals surface area (Å²) in [6.45, 7) is 2.03. The maximum absolute atomic E-state index is 11.8. The van der Waals surface area contributed by atoms with Crippen molar-refractivity contribution >= 4 is 34.9 Å². The molecule has 1 aromatic heterocycles. The number of carboxylic acids is 1. The largest absolute Gasteiger partial charge is 0.481 e. The van der Waals surface area contributed by atoms with E-state index in [1.165, 1.54) is 11.3 Å². The molecule has 2 amide bonds. The van der Waals surface area contributed by atoms with Gasteiger partial charge in [0.15, 0.2) is 0 Å². The van der Waals surface area contributed by atoms with Crippen LogP contribution >= 0.6 is 22.9 Å². The number of hydrogen-bond acceptors (Lipinski definition) is 3. The first kappa shape index (κ1) is 15.1. The van der Waals surface area contributed by atoms with Crippen LogP contribution in [0.25, 0.3) is 0 Å². The summed E-state index contributed by atoms with van der Waals surface area (Å²) < 4.78 is 0.674. The maximum Gasteiger partial charge on any atom is 0.315 e. The van der Waals surface area contributed by atoms with Crippen LogP contribution in [0.1, 0.15) is 37.1 Å². The molecule has 1 fully saturated rings. The Morgan fingerprint density at radius 1 is 1.50 bits per heavy atom. The first-order valence-corrected chi connectivity index (χ1v) is 7.65. The molecule has 2 rings (SSSR count). The number of carbonyl (C=O) groups is 2. The predicted octanol–water partition coefficient (Wildman–Crippen LogP) is 3.02. The number of halogens is 1. The van der Waals surface area contributed by atoms with Gasteiger partial charge >= 0.3 is 12.0 Å². The Balaban J connectivity index is 1.82. The Hall–Kier alpha value is -1.27. The number of hydrogen-bond donors (Lipinski definition) is 3. The minimum absolute atomic E-state index is 0.158. The predicted molar refractivity (Wildman–Crippen MR) is 78.2 cm³/mol. The fourth-order valence-electron chi connectivity index (χ4n) is 2.20. The summed E-state index contributed by atoms with van der Waals surface area (Å²) in [5.74, 6) is -0.831. The molecule has 7 heteroatoms. The standard InChI is InChI=1S/C13H17ClN2O3S/c1-8(9-3-4-10(14)20-9)16-12(19)15-7-13(11(17)18)5-2-6-13/h3-4,8H,2,5-7H2,1H3,(H,17,18)(H2,15,16,19). The maximum atomic E-state index is 11.8. The average molecular weight is 317 g/mol. The van der Waals surface area contributed by atoms with E-state index in [9.17, 15) is 14.7 Å². The van der Waals surface area contributed by atoms with Gasteiger partial charge in [-0.1, -0.05) is 18.0 Å². The quantitative estimate of drug-likeness (QED) is 0.781. The van der Waals surface area contributed by atoms with Gasteiger partial charge in [-0.05, 0) is 31.9 Å². The molecule has 1 atom stereocenters. The summed E-state index contributed by atoms with van der Waals surface area (Å²) in [7, 11) is 0. The number of rotatable bonds is 5. The minimum Gasteiger partial charge on any atom is -0.481 e. The van der Waals surface area contributed by atoms with Crippen LogP contribution in [0.5, 0.6) is 0 Å². The Labute approximate surface area is 126 Å². The van der Waals surface area contributed by atoms with Crippen LogP contribution in [-0.4, -0.2) is 23.7 Å². The Bertz CT molecular complexity index is 513. The lowest BCUT2D eigenvalue weighted by molar-refractivity contribution is -0.153. The average Bonchev–Trinajstić information content (AvgIpc) is 2.74. The topological polar surface area (TPSA) is 78.4 Å². The highest BCUT2D eigenvalue weighted by Gasteiger charge is 2.44. The van der Waals surface area contributed by atoms with E-state index in [1.807, 2.05) is 13.0 Å². The Morgan fingerprint density at radius 3 is 2.65 bits per heavy atom. The van der Waals surface area contributed by atoms with Crippen LogP contribution in [-0.2, 0) is 4.79 Å². The molecule has 3 N–H and O–H groups in total. The Morgan fingerprint density at radius 2 is 2.20 bits per heavy atom.